The third kappa shape index (κ3) is 3.87. The van der Waals surface area contributed by atoms with Crippen molar-refractivity contribution in [1.82, 2.24) is 4.57 Å². The maximum Gasteiger partial charge on any atom is 0.0578 e. The van der Waals surface area contributed by atoms with Crippen LogP contribution in [0.15, 0.2) is 169 Å². The van der Waals surface area contributed by atoms with Crippen LogP contribution in [0.3, 0.4) is 0 Å². The van der Waals surface area contributed by atoms with Gasteiger partial charge in [0, 0.05) is 71.5 Å². The van der Waals surface area contributed by atoms with Crippen LogP contribution in [0.2, 0.25) is 0 Å². The summed E-state index contributed by atoms with van der Waals surface area (Å²) in [5.41, 5.74) is 15.3. The molecule has 0 amide bonds. The third-order valence-corrected chi connectivity index (χ3v) is 13.3. The zero-order chi connectivity index (χ0) is 33.2. The van der Waals surface area contributed by atoms with Crippen LogP contribution in [-0.4, -0.2) is 4.57 Å². The van der Waals surface area contributed by atoms with E-state index in [0.717, 1.165) is 19.3 Å². The molecule has 0 fully saturated rings. The summed E-state index contributed by atoms with van der Waals surface area (Å²) >= 11 is 1.89. The Balaban J connectivity index is 1.11. The van der Waals surface area contributed by atoms with Crippen molar-refractivity contribution in [2.75, 3.05) is 4.90 Å². The molecule has 3 atom stereocenters. The molecule has 0 bridgehead atoms. The molecule has 5 aliphatic rings. The molecule has 7 aromatic rings. The van der Waals surface area contributed by atoms with E-state index in [9.17, 15) is 0 Å². The van der Waals surface area contributed by atoms with Crippen molar-refractivity contribution in [3.8, 4) is 0 Å². The number of hydrogen-bond acceptors (Lipinski definition) is 2. The summed E-state index contributed by atoms with van der Waals surface area (Å²) in [6.45, 7) is 0. The fraction of sp³-hybridized carbons (Fsp3) is 0.125. The molecule has 2 nitrogen and oxygen atoms in total. The highest BCUT2D eigenvalue weighted by Crippen LogP contribution is 2.55. The molecule has 4 aliphatic carbocycles. The summed E-state index contributed by atoms with van der Waals surface area (Å²) in [7, 11) is 0. The second kappa shape index (κ2) is 10.4. The highest BCUT2D eigenvalue weighted by molar-refractivity contribution is 7.25. The van der Waals surface area contributed by atoms with Gasteiger partial charge in [-0.25, -0.2) is 0 Å². The van der Waals surface area contributed by atoms with Gasteiger partial charge in [0.2, 0.25) is 0 Å². The van der Waals surface area contributed by atoms with Crippen molar-refractivity contribution in [2.24, 2.45) is 0 Å². The number of aromatic nitrogens is 1. The van der Waals surface area contributed by atoms with Crippen LogP contribution in [0.1, 0.15) is 53.7 Å². The Kier molecular flexibility index (Phi) is 5.75. The van der Waals surface area contributed by atoms with Crippen LogP contribution >= 0.6 is 11.3 Å². The number of para-hydroxylation sites is 1. The standard InChI is InChI=1S/C48H34N2S/c1-2-13-34-32(11-1)33-12-3-4-14-35(33)40-25-29(21-23-36(34)40)49(30-22-24-47-41(26-30)39-17-7-10-20-46(39)51-47)31-27-42-37-15-5-8-18-44(37)50-45-19-9-6-16-38(45)43(28-31)48(42)50/h1-10,12-15,17-24,26-28,32,38,40H,11,16,25H2. The number of anilines is 2. The molecule has 0 radical (unpaired) electrons. The number of thiophene rings is 1. The van der Waals surface area contributed by atoms with E-state index in [-0.39, 0.29) is 0 Å². The molecule has 0 spiro atoms. The summed E-state index contributed by atoms with van der Waals surface area (Å²) in [4.78, 5) is 2.60. The molecule has 3 unspecified atom stereocenters. The Labute approximate surface area is 300 Å². The molecule has 3 heteroatoms. The van der Waals surface area contributed by atoms with Gasteiger partial charge in [0.1, 0.15) is 0 Å². The smallest absolute Gasteiger partial charge is 0.0578 e. The monoisotopic (exact) mass is 670 g/mol. The Hall–Kier alpha value is -5.64. The first-order chi connectivity index (χ1) is 25.3. The normalized spacial score (nSPS) is 21.2. The Morgan fingerprint density at radius 3 is 2.20 bits per heavy atom. The average Bonchev–Trinajstić information content (AvgIpc) is 3.85. The molecule has 5 aromatic carbocycles. The van der Waals surface area contributed by atoms with Crippen LogP contribution in [0.4, 0.5) is 11.4 Å². The number of rotatable bonds is 3. The van der Waals surface area contributed by atoms with E-state index in [1.54, 1.807) is 0 Å². The van der Waals surface area contributed by atoms with E-state index in [4.69, 9.17) is 0 Å². The van der Waals surface area contributed by atoms with E-state index in [0.29, 0.717) is 17.8 Å². The second-order valence-corrected chi connectivity index (χ2v) is 15.8. The second-order valence-electron chi connectivity index (χ2n) is 14.7. The van der Waals surface area contributed by atoms with Crippen molar-refractivity contribution in [3.05, 3.63) is 185 Å². The van der Waals surface area contributed by atoms with Gasteiger partial charge in [-0.05, 0) is 102 Å². The molecule has 0 saturated heterocycles. The predicted molar refractivity (Wildman–Crippen MR) is 216 cm³/mol. The fourth-order valence-corrected chi connectivity index (χ4v) is 11.1. The Morgan fingerprint density at radius 1 is 0.549 bits per heavy atom. The summed E-state index contributed by atoms with van der Waals surface area (Å²) in [6.07, 6.45) is 21.9. The molecule has 12 rings (SSSR count). The van der Waals surface area contributed by atoms with Gasteiger partial charge >= 0.3 is 0 Å². The van der Waals surface area contributed by atoms with Gasteiger partial charge in [0.15, 0.2) is 0 Å². The van der Waals surface area contributed by atoms with E-state index in [1.807, 2.05) is 11.3 Å². The molecule has 51 heavy (non-hydrogen) atoms. The molecular weight excluding hydrogens is 637 g/mol. The first kappa shape index (κ1) is 28.1. The topological polar surface area (TPSA) is 8.17 Å². The number of fused-ring (bicyclic) bond motifs is 15. The summed E-state index contributed by atoms with van der Waals surface area (Å²) in [5.74, 6) is 1.13. The molecule has 0 N–H and O–H groups in total. The van der Waals surface area contributed by atoms with Crippen LogP contribution < -0.4 is 4.90 Å². The molecule has 242 valence electrons. The number of nitrogens with zero attached hydrogens (tertiary/aromatic N) is 2. The molecular formula is C48H34N2S. The largest absolute Gasteiger partial charge is 0.314 e. The van der Waals surface area contributed by atoms with E-state index in [2.05, 4.69) is 161 Å². The van der Waals surface area contributed by atoms with E-state index >= 15 is 0 Å². The Bertz CT molecular complexity index is 2860. The van der Waals surface area contributed by atoms with Crippen molar-refractivity contribution >= 4 is 70.4 Å². The molecule has 2 aromatic heterocycles. The van der Waals surface area contributed by atoms with E-state index < -0.39 is 0 Å². The quantitative estimate of drug-likeness (QED) is 0.182. The predicted octanol–water partition coefficient (Wildman–Crippen LogP) is 13.2. The first-order valence-electron chi connectivity index (χ1n) is 18.3. The van der Waals surface area contributed by atoms with Crippen LogP contribution in [-0.2, 0) is 0 Å². The molecule has 3 heterocycles. The number of allylic oxidation sites excluding steroid dienone is 12. The van der Waals surface area contributed by atoms with Gasteiger partial charge in [-0.3, -0.25) is 0 Å². The van der Waals surface area contributed by atoms with Crippen molar-refractivity contribution < 1.29 is 0 Å². The minimum Gasteiger partial charge on any atom is -0.314 e. The number of hydrogen-bond donors (Lipinski definition) is 0. The van der Waals surface area contributed by atoms with Gasteiger partial charge in [-0.15, -0.1) is 11.3 Å². The maximum atomic E-state index is 2.60. The van der Waals surface area contributed by atoms with Gasteiger partial charge in [0.05, 0.1) is 11.0 Å². The van der Waals surface area contributed by atoms with Gasteiger partial charge < -0.3 is 9.47 Å². The zero-order valence-corrected chi connectivity index (χ0v) is 28.9. The minimum atomic E-state index is 0.322. The highest BCUT2D eigenvalue weighted by atomic mass is 32.1. The lowest BCUT2D eigenvalue weighted by Gasteiger charge is -2.41. The lowest BCUT2D eigenvalue weighted by atomic mass is 9.66. The average molecular weight is 671 g/mol. The maximum absolute atomic E-state index is 2.60. The van der Waals surface area contributed by atoms with Crippen LogP contribution in [0, 0.1) is 0 Å². The minimum absolute atomic E-state index is 0.322. The molecule has 0 saturated carbocycles. The third-order valence-electron chi connectivity index (χ3n) is 12.2. The van der Waals surface area contributed by atoms with E-state index in [1.165, 1.54) is 92.6 Å². The van der Waals surface area contributed by atoms with Gasteiger partial charge in [-0.2, -0.15) is 0 Å². The molecule has 1 aliphatic heterocycles. The number of benzene rings is 5. The SMILES string of the molecule is C1=CCC2C(=C1)C1=CC=C(N(c3ccc4sc5ccccc5c4c3)c3cc4c5c(c3)c3ccccc3n5C3=CC=CCC34)CC1c1ccccc12. The first-order valence-corrected chi connectivity index (χ1v) is 19.1. The van der Waals surface area contributed by atoms with Crippen molar-refractivity contribution in [1.29, 1.82) is 0 Å². The summed E-state index contributed by atoms with van der Waals surface area (Å²) in [6, 6.07) is 39.3. The van der Waals surface area contributed by atoms with Crippen LogP contribution in [0.25, 0.3) is 47.7 Å². The summed E-state index contributed by atoms with van der Waals surface area (Å²) < 4.78 is 5.23. The van der Waals surface area contributed by atoms with Crippen LogP contribution in [0.5, 0.6) is 0 Å². The summed E-state index contributed by atoms with van der Waals surface area (Å²) in [5, 5.41) is 5.34. The van der Waals surface area contributed by atoms with Crippen molar-refractivity contribution in [3.63, 3.8) is 0 Å². The fourth-order valence-electron chi connectivity index (χ4n) is 10.0. The lowest BCUT2D eigenvalue weighted by Crippen LogP contribution is -2.26. The Morgan fingerprint density at radius 2 is 1.27 bits per heavy atom. The highest BCUT2D eigenvalue weighted by Gasteiger charge is 2.38. The zero-order valence-electron chi connectivity index (χ0n) is 28.1. The lowest BCUT2D eigenvalue weighted by molar-refractivity contribution is 0.661. The van der Waals surface area contributed by atoms with Gasteiger partial charge in [-0.1, -0.05) is 97.1 Å². The van der Waals surface area contributed by atoms with Crippen molar-refractivity contribution in [2.45, 2.75) is 37.0 Å². The van der Waals surface area contributed by atoms with Gasteiger partial charge in [0.25, 0.3) is 0 Å².